The van der Waals surface area contributed by atoms with Gasteiger partial charge < -0.3 is 10.1 Å². The summed E-state index contributed by atoms with van der Waals surface area (Å²) in [5.74, 6) is -2.37. The van der Waals surface area contributed by atoms with Crippen LogP contribution in [0.5, 0.6) is 0 Å². The van der Waals surface area contributed by atoms with Crippen molar-refractivity contribution in [1.29, 1.82) is 0 Å². The first-order valence-corrected chi connectivity index (χ1v) is 10.1. The monoisotopic (exact) mass is 418 g/mol. The fourth-order valence-corrected chi connectivity index (χ4v) is 3.88. The van der Waals surface area contributed by atoms with Gasteiger partial charge in [0.1, 0.15) is 0 Å². The first kappa shape index (κ1) is 20.5. The molecular weight excluding hydrogens is 396 g/mol. The summed E-state index contributed by atoms with van der Waals surface area (Å²) in [6.07, 6.45) is 4.93. The van der Waals surface area contributed by atoms with Crippen LogP contribution >= 0.6 is 0 Å². The average molecular weight is 418 g/mol. The number of hydrogen-bond donors (Lipinski definition) is 1. The van der Waals surface area contributed by atoms with Crippen molar-refractivity contribution in [2.75, 3.05) is 16.8 Å². The van der Waals surface area contributed by atoms with Gasteiger partial charge in [-0.25, -0.2) is 4.79 Å². The summed E-state index contributed by atoms with van der Waals surface area (Å²) in [7, 11) is 0. The molecule has 4 rings (SSSR count). The van der Waals surface area contributed by atoms with Crippen LogP contribution in [0.25, 0.3) is 0 Å². The zero-order chi connectivity index (χ0) is 22.0. The summed E-state index contributed by atoms with van der Waals surface area (Å²) in [6, 6.07) is 13.4. The largest absolute Gasteiger partial charge is 0.452 e. The van der Waals surface area contributed by atoms with E-state index < -0.39 is 18.5 Å². The van der Waals surface area contributed by atoms with Gasteiger partial charge in [0.2, 0.25) is 11.8 Å². The second kappa shape index (κ2) is 8.55. The molecule has 0 saturated carbocycles. The first-order chi connectivity index (χ1) is 14.9. The van der Waals surface area contributed by atoms with E-state index in [1.807, 2.05) is 31.2 Å². The highest BCUT2D eigenvalue weighted by molar-refractivity contribution is 6.22. The SMILES string of the molecule is Cc1ccc(NC(=O)COC(=O)c2cccc(N3C(=O)[C@H]4CC=CC[C@@H]4C3=O)c2)cc1. The number of amides is 3. The van der Waals surface area contributed by atoms with Crippen LogP contribution in [-0.2, 0) is 19.1 Å². The lowest BCUT2D eigenvalue weighted by Gasteiger charge is -2.15. The van der Waals surface area contributed by atoms with Crippen LogP contribution in [0.1, 0.15) is 28.8 Å². The first-order valence-electron chi connectivity index (χ1n) is 10.1. The van der Waals surface area contributed by atoms with Gasteiger partial charge in [-0.05, 0) is 50.1 Å². The normalized spacial score (nSPS) is 19.8. The molecule has 7 heteroatoms. The minimum Gasteiger partial charge on any atom is -0.452 e. The van der Waals surface area contributed by atoms with E-state index in [0.717, 1.165) is 10.5 Å². The number of aryl methyl sites for hydroxylation is 1. The van der Waals surface area contributed by atoms with Crippen molar-refractivity contribution in [2.24, 2.45) is 11.8 Å². The maximum Gasteiger partial charge on any atom is 0.338 e. The maximum atomic E-state index is 12.7. The summed E-state index contributed by atoms with van der Waals surface area (Å²) < 4.78 is 5.10. The van der Waals surface area contributed by atoms with Crippen LogP contribution < -0.4 is 10.2 Å². The summed E-state index contributed by atoms with van der Waals surface area (Å²) in [6.45, 7) is 1.49. The zero-order valence-corrected chi connectivity index (χ0v) is 17.0. The Bertz CT molecular complexity index is 1050. The molecule has 3 amide bonds. The predicted octanol–water partition coefficient (Wildman–Crippen LogP) is 3.25. The number of ether oxygens (including phenoxy) is 1. The standard InChI is InChI=1S/C24H22N2O5/c1-15-9-11-17(12-10-15)25-21(27)14-31-24(30)16-5-4-6-18(13-16)26-22(28)19-7-2-3-8-20(19)23(26)29/h2-6,9-13,19-20H,7-8,14H2,1H3,(H,25,27)/t19-,20-/m0/s1. The summed E-state index contributed by atoms with van der Waals surface area (Å²) in [4.78, 5) is 51.1. The Kier molecular flexibility index (Phi) is 5.66. The van der Waals surface area contributed by atoms with Crippen LogP contribution in [0.3, 0.4) is 0 Å². The Balaban J connectivity index is 1.40. The van der Waals surface area contributed by atoms with Crippen molar-refractivity contribution in [3.05, 3.63) is 71.8 Å². The number of rotatable bonds is 5. The van der Waals surface area contributed by atoms with Crippen LogP contribution in [0.15, 0.2) is 60.7 Å². The lowest BCUT2D eigenvalue weighted by Crippen LogP contribution is -2.31. The highest BCUT2D eigenvalue weighted by Crippen LogP contribution is 2.37. The Hall–Kier alpha value is -3.74. The van der Waals surface area contributed by atoms with E-state index >= 15 is 0 Å². The fraction of sp³-hybridized carbons (Fsp3) is 0.250. The van der Waals surface area contributed by atoms with E-state index in [4.69, 9.17) is 4.74 Å². The van der Waals surface area contributed by atoms with E-state index in [-0.39, 0.29) is 29.2 Å². The van der Waals surface area contributed by atoms with Crippen molar-refractivity contribution in [3.8, 4) is 0 Å². The van der Waals surface area contributed by atoms with E-state index in [9.17, 15) is 19.2 Å². The molecule has 2 atom stereocenters. The summed E-state index contributed by atoms with van der Waals surface area (Å²) >= 11 is 0. The number of carbonyl (C=O) groups excluding carboxylic acids is 4. The van der Waals surface area contributed by atoms with Gasteiger partial charge >= 0.3 is 5.97 Å². The van der Waals surface area contributed by atoms with Crippen molar-refractivity contribution < 1.29 is 23.9 Å². The number of anilines is 2. The van der Waals surface area contributed by atoms with Crippen molar-refractivity contribution in [1.82, 2.24) is 0 Å². The third kappa shape index (κ3) is 4.26. The third-order valence-corrected chi connectivity index (χ3v) is 5.52. The van der Waals surface area contributed by atoms with Gasteiger partial charge in [-0.3, -0.25) is 19.3 Å². The molecule has 0 aromatic heterocycles. The van der Waals surface area contributed by atoms with E-state index in [0.29, 0.717) is 24.2 Å². The van der Waals surface area contributed by atoms with Crippen LogP contribution in [0, 0.1) is 18.8 Å². The Morgan fingerprint density at radius 1 is 1.00 bits per heavy atom. The Morgan fingerprint density at radius 3 is 2.29 bits per heavy atom. The van der Waals surface area contributed by atoms with Gasteiger partial charge in [-0.15, -0.1) is 0 Å². The van der Waals surface area contributed by atoms with E-state index in [2.05, 4.69) is 5.32 Å². The number of carbonyl (C=O) groups is 4. The second-order valence-corrected chi connectivity index (χ2v) is 7.71. The van der Waals surface area contributed by atoms with Gasteiger partial charge in [0.15, 0.2) is 6.61 Å². The minimum atomic E-state index is -0.709. The molecule has 1 fully saturated rings. The molecule has 1 N–H and O–H groups in total. The lowest BCUT2D eigenvalue weighted by atomic mass is 9.85. The molecule has 1 saturated heterocycles. The minimum absolute atomic E-state index is 0.161. The Labute approximate surface area is 179 Å². The summed E-state index contributed by atoms with van der Waals surface area (Å²) in [5, 5.41) is 2.65. The number of allylic oxidation sites excluding steroid dienone is 2. The molecule has 1 aliphatic heterocycles. The smallest absolute Gasteiger partial charge is 0.338 e. The lowest BCUT2D eigenvalue weighted by molar-refractivity contribution is -0.122. The second-order valence-electron chi connectivity index (χ2n) is 7.71. The van der Waals surface area contributed by atoms with Crippen LogP contribution in [-0.4, -0.2) is 30.3 Å². The van der Waals surface area contributed by atoms with Crippen molar-refractivity contribution >= 4 is 35.1 Å². The average Bonchev–Trinajstić information content (AvgIpc) is 3.04. The molecule has 2 aromatic rings. The molecule has 0 unspecified atom stereocenters. The van der Waals surface area contributed by atoms with Gasteiger partial charge in [0.25, 0.3) is 5.91 Å². The highest BCUT2D eigenvalue weighted by Gasteiger charge is 2.47. The molecule has 0 bridgehead atoms. The molecule has 2 aliphatic rings. The van der Waals surface area contributed by atoms with Crippen LogP contribution in [0.2, 0.25) is 0 Å². The van der Waals surface area contributed by atoms with Gasteiger partial charge in [0.05, 0.1) is 23.1 Å². The molecule has 31 heavy (non-hydrogen) atoms. The molecule has 7 nitrogen and oxygen atoms in total. The van der Waals surface area contributed by atoms with E-state index in [1.165, 1.54) is 12.1 Å². The van der Waals surface area contributed by atoms with E-state index in [1.54, 1.807) is 24.3 Å². The topological polar surface area (TPSA) is 92.8 Å². The molecule has 158 valence electrons. The number of fused-ring (bicyclic) bond motifs is 1. The van der Waals surface area contributed by atoms with Gasteiger partial charge in [-0.2, -0.15) is 0 Å². The highest BCUT2D eigenvalue weighted by atomic mass is 16.5. The number of nitrogens with one attached hydrogen (secondary N) is 1. The van der Waals surface area contributed by atoms with Gasteiger partial charge in [-0.1, -0.05) is 35.9 Å². The fourth-order valence-electron chi connectivity index (χ4n) is 3.88. The molecule has 0 radical (unpaired) electrons. The molecule has 2 aromatic carbocycles. The van der Waals surface area contributed by atoms with Gasteiger partial charge in [0, 0.05) is 5.69 Å². The third-order valence-electron chi connectivity index (χ3n) is 5.52. The molecule has 1 aliphatic carbocycles. The number of imide groups is 1. The Morgan fingerprint density at radius 2 is 1.65 bits per heavy atom. The zero-order valence-electron chi connectivity index (χ0n) is 17.0. The van der Waals surface area contributed by atoms with Crippen LogP contribution in [0.4, 0.5) is 11.4 Å². The molecule has 1 heterocycles. The van der Waals surface area contributed by atoms with Crippen molar-refractivity contribution in [2.45, 2.75) is 19.8 Å². The number of hydrogen-bond acceptors (Lipinski definition) is 5. The predicted molar refractivity (Wildman–Crippen MR) is 114 cm³/mol. The number of nitrogens with zero attached hydrogens (tertiary/aromatic N) is 1. The molecule has 0 spiro atoms. The number of esters is 1. The summed E-state index contributed by atoms with van der Waals surface area (Å²) in [5.41, 5.74) is 2.17. The maximum absolute atomic E-state index is 12.7. The number of benzene rings is 2. The molecular formula is C24H22N2O5. The quantitative estimate of drug-likeness (QED) is 0.457. The van der Waals surface area contributed by atoms with Crippen molar-refractivity contribution in [3.63, 3.8) is 0 Å².